The topological polar surface area (TPSA) is 43.4 Å². The average molecular weight is 270 g/mol. The Morgan fingerprint density at radius 1 is 1.16 bits per heavy atom. The van der Waals surface area contributed by atoms with Gasteiger partial charge in [0.2, 0.25) is 0 Å². The van der Waals surface area contributed by atoms with Crippen LogP contribution in [0, 0.1) is 17.6 Å². The quantitative estimate of drug-likeness (QED) is 0.481. The third-order valence-electron chi connectivity index (χ3n) is 2.36. The molecule has 0 N–H and O–H groups in total. The molecule has 0 heterocycles. The van der Waals surface area contributed by atoms with Crippen LogP contribution in [0.15, 0.2) is 18.2 Å². The van der Waals surface area contributed by atoms with Crippen LogP contribution < -0.4 is 0 Å². The van der Waals surface area contributed by atoms with Gasteiger partial charge in [0.15, 0.2) is 5.78 Å². The van der Waals surface area contributed by atoms with Crippen LogP contribution >= 0.6 is 0 Å². The van der Waals surface area contributed by atoms with Crippen LogP contribution in [0.1, 0.15) is 38.1 Å². The summed E-state index contributed by atoms with van der Waals surface area (Å²) in [5.74, 6) is -4.96. The molecule has 0 amide bonds. The molecule has 1 aromatic carbocycles. The lowest BCUT2D eigenvalue weighted by Crippen LogP contribution is -2.31. The van der Waals surface area contributed by atoms with Crippen LogP contribution in [-0.4, -0.2) is 17.4 Å². The molecule has 0 bridgehead atoms. The standard InChI is InChI=1S/C14H16F2O3/c1-8(13(18)19-14(2,3)4)12(17)11-9(15)6-5-7-10(11)16/h5-8H,1-4H3. The normalized spacial score (nSPS) is 12.9. The van der Waals surface area contributed by atoms with Gasteiger partial charge in [-0.05, 0) is 39.8 Å². The monoisotopic (exact) mass is 270 g/mol. The molecule has 0 aliphatic carbocycles. The van der Waals surface area contributed by atoms with Crippen LogP contribution in [0.3, 0.4) is 0 Å². The molecule has 0 saturated carbocycles. The number of rotatable bonds is 3. The molecular weight excluding hydrogens is 254 g/mol. The van der Waals surface area contributed by atoms with Crippen molar-refractivity contribution in [3.8, 4) is 0 Å². The van der Waals surface area contributed by atoms with Crippen molar-refractivity contribution in [1.29, 1.82) is 0 Å². The Bertz CT molecular complexity index is 484. The van der Waals surface area contributed by atoms with Crippen molar-refractivity contribution in [3.63, 3.8) is 0 Å². The van der Waals surface area contributed by atoms with Gasteiger partial charge in [-0.25, -0.2) is 8.78 Å². The molecule has 0 aliphatic heterocycles. The van der Waals surface area contributed by atoms with E-state index in [2.05, 4.69) is 0 Å². The third-order valence-corrected chi connectivity index (χ3v) is 2.36. The van der Waals surface area contributed by atoms with Crippen LogP contribution in [-0.2, 0) is 9.53 Å². The molecule has 1 aromatic rings. The smallest absolute Gasteiger partial charge is 0.317 e. The number of hydrogen-bond acceptors (Lipinski definition) is 3. The Labute approximate surface area is 110 Å². The highest BCUT2D eigenvalue weighted by Crippen LogP contribution is 2.19. The fraction of sp³-hybridized carbons (Fsp3) is 0.429. The van der Waals surface area contributed by atoms with Crippen molar-refractivity contribution in [2.45, 2.75) is 33.3 Å². The molecule has 0 aliphatic rings. The van der Waals surface area contributed by atoms with Gasteiger partial charge >= 0.3 is 5.97 Å². The van der Waals surface area contributed by atoms with Crippen molar-refractivity contribution in [2.24, 2.45) is 5.92 Å². The zero-order valence-corrected chi connectivity index (χ0v) is 11.3. The van der Waals surface area contributed by atoms with Crippen molar-refractivity contribution >= 4 is 11.8 Å². The third kappa shape index (κ3) is 3.84. The molecule has 1 unspecified atom stereocenters. The SMILES string of the molecule is CC(C(=O)OC(C)(C)C)C(=O)c1c(F)cccc1F. The Morgan fingerprint density at radius 2 is 1.63 bits per heavy atom. The highest BCUT2D eigenvalue weighted by atomic mass is 19.1. The predicted octanol–water partition coefficient (Wildman–Crippen LogP) is 3.13. The molecule has 0 radical (unpaired) electrons. The van der Waals surface area contributed by atoms with E-state index in [1.54, 1.807) is 20.8 Å². The molecule has 1 atom stereocenters. The summed E-state index contributed by atoms with van der Waals surface area (Å²) in [5.41, 5.74) is -1.47. The van der Waals surface area contributed by atoms with E-state index in [4.69, 9.17) is 4.74 Å². The van der Waals surface area contributed by atoms with E-state index in [9.17, 15) is 18.4 Å². The number of Topliss-reactive ketones (excluding diaryl/α,β-unsaturated/α-hetero) is 1. The van der Waals surface area contributed by atoms with Crippen molar-refractivity contribution < 1.29 is 23.1 Å². The summed E-state index contributed by atoms with van der Waals surface area (Å²) in [5, 5.41) is 0. The summed E-state index contributed by atoms with van der Waals surface area (Å²) < 4.78 is 31.9. The molecule has 0 saturated heterocycles. The molecule has 3 nitrogen and oxygen atoms in total. The number of carbonyl (C=O) groups excluding carboxylic acids is 2. The second kappa shape index (κ2) is 5.47. The van der Waals surface area contributed by atoms with Crippen LogP contribution in [0.25, 0.3) is 0 Å². The van der Waals surface area contributed by atoms with Gasteiger partial charge in [0, 0.05) is 0 Å². The molecule has 5 heteroatoms. The lowest BCUT2D eigenvalue weighted by molar-refractivity contribution is -0.157. The highest BCUT2D eigenvalue weighted by molar-refractivity contribution is 6.08. The zero-order chi connectivity index (χ0) is 14.8. The minimum Gasteiger partial charge on any atom is -0.459 e. The van der Waals surface area contributed by atoms with Crippen LogP contribution in [0.4, 0.5) is 8.78 Å². The lowest BCUT2D eigenvalue weighted by atomic mass is 9.98. The molecule has 19 heavy (non-hydrogen) atoms. The van der Waals surface area contributed by atoms with Gasteiger partial charge in [-0.1, -0.05) is 6.07 Å². The summed E-state index contributed by atoms with van der Waals surface area (Å²) in [6.07, 6.45) is 0. The number of benzene rings is 1. The van der Waals surface area contributed by atoms with Crippen LogP contribution in [0.2, 0.25) is 0 Å². The van der Waals surface area contributed by atoms with E-state index >= 15 is 0 Å². The molecule has 0 aromatic heterocycles. The lowest BCUT2D eigenvalue weighted by Gasteiger charge is -2.21. The van der Waals surface area contributed by atoms with E-state index < -0.39 is 40.5 Å². The number of hydrogen-bond donors (Lipinski definition) is 0. The second-order valence-electron chi connectivity index (χ2n) is 5.22. The molecular formula is C14H16F2O3. The van der Waals surface area contributed by atoms with Gasteiger partial charge in [0.1, 0.15) is 23.2 Å². The number of carbonyl (C=O) groups is 2. The van der Waals surface area contributed by atoms with Gasteiger partial charge in [0.05, 0.1) is 5.56 Å². The van der Waals surface area contributed by atoms with E-state index in [-0.39, 0.29) is 0 Å². The molecule has 0 spiro atoms. The molecule has 104 valence electrons. The Hall–Kier alpha value is -1.78. The van der Waals surface area contributed by atoms with E-state index in [1.165, 1.54) is 6.92 Å². The summed E-state index contributed by atoms with van der Waals surface area (Å²) >= 11 is 0. The van der Waals surface area contributed by atoms with Gasteiger partial charge in [-0.15, -0.1) is 0 Å². The van der Waals surface area contributed by atoms with Gasteiger partial charge in [0.25, 0.3) is 0 Å². The summed E-state index contributed by atoms with van der Waals surface area (Å²) in [4.78, 5) is 23.6. The Morgan fingerprint density at radius 3 is 2.05 bits per heavy atom. The first-order valence-electron chi connectivity index (χ1n) is 5.84. The minimum atomic E-state index is -1.26. The van der Waals surface area contributed by atoms with Crippen molar-refractivity contribution in [1.82, 2.24) is 0 Å². The van der Waals surface area contributed by atoms with Crippen LogP contribution in [0.5, 0.6) is 0 Å². The number of ether oxygens (including phenoxy) is 1. The zero-order valence-electron chi connectivity index (χ0n) is 11.3. The van der Waals surface area contributed by atoms with Gasteiger partial charge in [-0.3, -0.25) is 9.59 Å². The van der Waals surface area contributed by atoms with Crippen molar-refractivity contribution in [3.05, 3.63) is 35.4 Å². The molecule has 0 fully saturated rings. The van der Waals surface area contributed by atoms with E-state index in [1.807, 2.05) is 0 Å². The maximum Gasteiger partial charge on any atom is 0.317 e. The fourth-order valence-electron chi connectivity index (χ4n) is 1.45. The number of halogens is 2. The maximum absolute atomic E-state index is 13.4. The second-order valence-corrected chi connectivity index (χ2v) is 5.22. The summed E-state index contributed by atoms with van der Waals surface area (Å²) in [6, 6.07) is 3.09. The first-order chi connectivity index (χ1) is 8.63. The number of esters is 1. The first-order valence-corrected chi connectivity index (χ1v) is 5.84. The maximum atomic E-state index is 13.4. The van der Waals surface area contributed by atoms with E-state index in [0.717, 1.165) is 18.2 Å². The molecule has 1 rings (SSSR count). The first kappa shape index (κ1) is 15.3. The largest absolute Gasteiger partial charge is 0.459 e. The number of ketones is 1. The summed E-state index contributed by atoms with van der Waals surface area (Å²) in [6.45, 7) is 6.20. The predicted molar refractivity (Wildman–Crippen MR) is 65.7 cm³/mol. The highest BCUT2D eigenvalue weighted by Gasteiger charge is 2.31. The fourth-order valence-corrected chi connectivity index (χ4v) is 1.45. The van der Waals surface area contributed by atoms with Gasteiger partial charge in [-0.2, -0.15) is 0 Å². The van der Waals surface area contributed by atoms with E-state index in [0.29, 0.717) is 0 Å². The Balaban J connectivity index is 2.98. The Kier molecular flexibility index (Phi) is 4.39. The van der Waals surface area contributed by atoms with Gasteiger partial charge < -0.3 is 4.74 Å². The summed E-state index contributed by atoms with van der Waals surface area (Å²) in [7, 11) is 0. The minimum absolute atomic E-state index is 0.708. The average Bonchev–Trinajstić information content (AvgIpc) is 2.25. The van der Waals surface area contributed by atoms with Crippen molar-refractivity contribution in [2.75, 3.05) is 0 Å².